The lowest BCUT2D eigenvalue weighted by Crippen LogP contribution is -2.37. The van der Waals surface area contributed by atoms with E-state index in [-0.39, 0.29) is 5.97 Å². The third kappa shape index (κ3) is 2.97. The highest BCUT2D eigenvalue weighted by Gasteiger charge is 2.31. The maximum Gasteiger partial charge on any atom is 0.305 e. The van der Waals surface area contributed by atoms with E-state index in [9.17, 15) is 4.79 Å². The first-order valence-corrected chi connectivity index (χ1v) is 6.56. The van der Waals surface area contributed by atoms with Crippen LogP contribution in [0.15, 0.2) is 0 Å². The van der Waals surface area contributed by atoms with Gasteiger partial charge in [-0.1, -0.05) is 13.3 Å². The number of hydrogen-bond acceptors (Lipinski definition) is 3. The lowest BCUT2D eigenvalue weighted by molar-refractivity contribution is -0.155. The van der Waals surface area contributed by atoms with Crippen LogP contribution < -0.4 is 0 Å². The maximum absolute atomic E-state index is 11.0. The molecule has 0 aromatic rings. The van der Waals surface area contributed by atoms with Gasteiger partial charge in [0.15, 0.2) is 0 Å². The molecule has 2 fully saturated rings. The van der Waals surface area contributed by atoms with Crippen LogP contribution >= 0.6 is 0 Å². The smallest absolute Gasteiger partial charge is 0.305 e. The normalized spacial score (nSPS) is 35.8. The molecule has 0 radical (unpaired) electrons. The molecule has 0 N–H and O–H groups in total. The summed E-state index contributed by atoms with van der Waals surface area (Å²) in [6, 6.07) is 0. The minimum absolute atomic E-state index is 0.0454. The third-order valence-electron chi connectivity index (χ3n) is 3.81. The van der Waals surface area contributed by atoms with Crippen molar-refractivity contribution in [1.29, 1.82) is 0 Å². The minimum atomic E-state index is -0.0454. The van der Waals surface area contributed by atoms with E-state index in [2.05, 4.69) is 6.92 Å². The van der Waals surface area contributed by atoms with Crippen LogP contribution in [0.4, 0.5) is 0 Å². The summed E-state index contributed by atoms with van der Waals surface area (Å²) in [6.45, 7) is 3.71. The quantitative estimate of drug-likeness (QED) is 0.694. The molecule has 0 aliphatic carbocycles. The van der Waals surface area contributed by atoms with Crippen molar-refractivity contribution in [1.82, 2.24) is 0 Å². The Morgan fingerprint density at radius 2 is 2.12 bits per heavy atom. The number of carbonyl (C=O) groups is 1. The highest BCUT2D eigenvalue weighted by Crippen LogP contribution is 2.30. The zero-order valence-corrected chi connectivity index (χ0v) is 10.1. The van der Waals surface area contributed by atoms with Crippen LogP contribution in [0.1, 0.15) is 45.4 Å². The van der Waals surface area contributed by atoms with Crippen LogP contribution in [-0.4, -0.2) is 25.3 Å². The molecule has 0 aromatic heterocycles. The molecule has 16 heavy (non-hydrogen) atoms. The lowest BCUT2D eigenvalue weighted by Gasteiger charge is -2.35. The van der Waals surface area contributed by atoms with Gasteiger partial charge in [-0.25, -0.2) is 0 Å². The van der Waals surface area contributed by atoms with E-state index in [1.54, 1.807) is 0 Å². The minimum Gasteiger partial charge on any atom is -0.465 e. The van der Waals surface area contributed by atoms with E-state index in [1.165, 1.54) is 19.3 Å². The topological polar surface area (TPSA) is 35.5 Å². The van der Waals surface area contributed by atoms with Crippen LogP contribution in [0.5, 0.6) is 0 Å². The second-order valence-corrected chi connectivity index (χ2v) is 5.09. The second-order valence-electron chi connectivity index (χ2n) is 5.09. The van der Waals surface area contributed by atoms with Crippen LogP contribution in [-0.2, 0) is 14.3 Å². The van der Waals surface area contributed by atoms with Gasteiger partial charge >= 0.3 is 5.97 Å². The molecule has 0 aromatic carbocycles. The van der Waals surface area contributed by atoms with E-state index >= 15 is 0 Å². The fourth-order valence-corrected chi connectivity index (χ4v) is 2.79. The number of ether oxygens (including phenoxy) is 2. The molecule has 3 unspecified atom stereocenters. The van der Waals surface area contributed by atoms with Gasteiger partial charge in [0.2, 0.25) is 0 Å². The SMILES string of the molecule is CCCC1CCC(C2CCC(=O)OC2)OC1. The summed E-state index contributed by atoms with van der Waals surface area (Å²) in [6.07, 6.45) is 6.81. The Kier molecular flexibility index (Phi) is 4.22. The molecule has 0 bridgehead atoms. The Morgan fingerprint density at radius 3 is 2.69 bits per heavy atom. The van der Waals surface area contributed by atoms with Crippen LogP contribution in [0.3, 0.4) is 0 Å². The zero-order chi connectivity index (χ0) is 11.4. The summed E-state index contributed by atoms with van der Waals surface area (Å²) >= 11 is 0. The van der Waals surface area contributed by atoms with Crippen molar-refractivity contribution in [3.05, 3.63) is 0 Å². The Hall–Kier alpha value is -0.570. The van der Waals surface area contributed by atoms with E-state index in [1.807, 2.05) is 0 Å². The number of carbonyl (C=O) groups excluding carboxylic acids is 1. The molecule has 92 valence electrons. The highest BCUT2D eigenvalue weighted by molar-refractivity contribution is 5.69. The van der Waals surface area contributed by atoms with Crippen molar-refractivity contribution in [2.45, 2.75) is 51.6 Å². The lowest BCUT2D eigenvalue weighted by atomic mass is 9.87. The van der Waals surface area contributed by atoms with Crippen molar-refractivity contribution in [3.63, 3.8) is 0 Å². The molecule has 3 atom stereocenters. The summed E-state index contributed by atoms with van der Waals surface area (Å²) in [7, 11) is 0. The van der Waals surface area contributed by atoms with E-state index in [0.717, 1.165) is 25.4 Å². The van der Waals surface area contributed by atoms with Gasteiger partial charge in [-0.2, -0.15) is 0 Å². The van der Waals surface area contributed by atoms with Gasteiger partial charge in [0.05, 0.1) is 12.7 Å². The predicted molar refractivity (Wildman–Crippen MR) is 61.1 cm³/mol. The molecule has 0 saturated carbocycles. The summed E-state index contributed by atoms with van der Waals surface area (Å²) in [5.74, 6) is 1.16. The fourth-order valence-electron chi connectivity index (χ4n) is 2.79. The molecule has 2 aliphatic heterocycles. The Bertz CT molecular complexity index is 221. The van der Waals surface area contributed by atoms with Gasteiger partial charge < -0.3 is 9.47 Å². The zero-order valence-electron chi connectivity index (χ0n) is 10.1. The van der Waals surface area contributed by atoms with Gasteiger partial charge in [0.1, 0.15) is 0 Å². The number of cyclic esters (lactones) is 1. The first kappa shape index (κ1) is 11.9. The Balaban J connectivity index is 1.74. The summed E-state index contributed by atoms with van der Waals surface area (Å²) in [5, 5.41) is 0. The number of esters is 1. The maximum atomic E-state index is 11.0. The van der Waals surface area contributed by atoms with Gasteiger partial charge in [-0.15, -0.1) is 0 Å². The first-order chi connectivity index (χ1) is 7.79. The molecular weight excluding hydrogens is 204 g/mol. The molecule has 0 spiro atoms. The van der Waals surface area contributed by atoms with Crippen molar-refractivity contribution < 1.29 is 14.3 Å². The molecule has 3 nitrogen and oxygen atoms in total. The van der Waals surface area contributed by atoms with Gasteiger partial charge in [0, 0.05) is 18.9 Å². The van der Waals surface area contributed by atoms with E-state index in [0.29, 0.717) is 25.0 Å². The van der Waals surface area contributed by atoms with Crippen LogP contribution in [0, 0.1) is 11.8 Å². The van der Waals surface area contributed by atoms with Crippen molar-refractivity contribution in [2.75, 3.05) is 13.2 Å². The standard InChI is InChI=1S/C13H22O3/c1-2-3-10-4-6-12(15-8-10)11-5-7-13(14)16-9-11/h10-12H,2-9H2,1H3. The third-order valence-corrected chi connectivity index (χ3v) is 3.81. The molecule has 2 aliphatic rings. The van der Waals surface area contributed by atoms with Gasteiger partial charge in [0.25, 0.3) is 0 Å². The predicted octanol–water partition coefficient (Wildman–Crippen LogP) is 2.53. The molecule has 2 heterocycles. The van der Waals surface area contributed by atoms with Crippen LogP contribution in [0.2, 0.25) is 0 Å². The van der Waals surface area contributed by atoms with Crippen LogP contribution in [0.25, 0.3) is 0 Å². The van der Waals surface area contributed by atoms with Crippen molar-refractivity contribution >= 4 is 5.97 Å². The molecule has 3 heteroatoms. The molecule has 2 saturated heterocycles. The largest absolute Gasteiger partial charge is 0.465 e. The molecular formula is C13H22O3. The number of rotatable bonds is 3. The average molecular weight is 226 g/mol. The Morgan fingerprint density at radius 1 is 1.25 bits per heavy atom. The molecule has 0 amide bonds. The highest BCUT2D eigenvalue weighted by atomic mass is 16.5. The molecule has 2 rings (SSSR count). The fraction of sp³-hybridized carbons (Fsp3) is 0.923. The van der Waals surface area contributed by atoms with Gasteiger partial charge in [-0.05, 0) is 31.6 Å². The van der Waals surface area contributed by atoms with Gasteiger partial charge in [-0.3, -0.25) is 4.79 Å². The summed E-state index contributed by atoms with van der Waals surface area (Å²) in [4.78, 5) is 11.0. The first-order valence-electron chi connectivity index (χ1n) is 6.56. The summed E-state index contributed by atoms with van der Waals surface area (Å²) in [5.41, 5.74) is 0. The number of hydrogen-bond donors (Lipinski definition) is 0. The average Bonchev–Trinajstić information content (AvgIpc) is 2.32. The van der Waals surface area contributed by atoms with Crippen molar-refractivity contribution in [2.24, 2.45) is 11.8 Å². The summed E-state index contributed by atoms with van der Waals surface area (Å²) < 4.78 is 11.0. The van der Waals surface area contributed by atoms with E-state index < -0.39 is 0 Å². The second kappa shape index (κ2) is 5.67. The van der Waals surface area contributed by atoms with E-state index in [4.69, 9.17) is 9.47 Å². The Labute approximate surface area is 97.5 Å². The monoisotopic (exact) mass is 226 g/mol. The van der Waals surface area contributed by atoms with Crippen molar-refractivity contribution in [3.8, 4) is 0 Å².